The number of aromatic nitrogens is 2. The molecular formula is C17H19ClN4O4. The molecule has 0 aliphatic heterocycles. The fourth-order valence-electron chi connectivity index (χ4n) is 2.35. The summed E-state index contributed by atoms with van der Waals surface area (Å²) in [6, 6.07) is 7.50. The molecule has 1 atom stereocenters. The number of aliphatic carboxylic acids is 1. The van der Waals surface area contributed by atoms with Crippen LogP contribution in [-0.2, 0) is 9.59 Å². The molecule has 0 fully saturated rings. The van der Waals surface area contributed by atoms with Crippen LogP contribution in [0.4, 0.5) is 0 Å². The normalized spacial score (nSPS) is 11.7. The number of benzene rings is 1. The Labute approximate surface area is 155 Å². The smallest absolute Gasteiger partial charge is 0.326 e. The predicted octanol–water partition coefficient (Wildman–Crippen LogP) is 1.78. The maximum absolute atomic E-state index is 12.7. The minimum atomic E-state index is -1.15. The summed E-state index contributed by atoms with van der Waals surface area (Å²) in [7, 11) is 0. The first-order chi connectivity index (χ1) is 12.3. The van der Waals surface area contributed by atoms with Gasteiger partial charge in [0.15, 0.2) is 0 Å². The third-order valence-corrected chi connectivity index (χ3v) is 4.10. The maximum atomic E-state index is 12.7. The Bertz CT molecular complexity index is 821. The summed E-state index contributed by atoms with van der Waals surface area (Å²) in [6.45, 7) is 2.94. The monoisotopic (exact) mass is 378 g/mol. The van der Waals surface area contributed by atoms with Crippen molar-refractivity contribution in [3.8, 4) is 11.3 Å². The zero-order valence-corrected chi connectivity index (χ0v) is 15.1. The highest BCUT2D eigenvalue weighted by atomic mass is 35.5. The number of aromatic amines is 1. The highest BCUT2D eigenvalue weighted by Crippen LogP contribution is 2.26. The molecule has 9 heteroatoms. The number of hydrogen-bond acceptors (Lipinski definition) is 4. The summed E-state index contributed by atoms with van der Waals surface area (Å²) in [5.41, 5.74) is 1.26. The van der Waals surface area contributed by atoms with E-state index in [4.69, 9.17) is 11.6 Å². The molecule has 2 amide bonds. The molecule has 8 nitrogen and oxygen atoms in total. The van der Waals surface area contributed by atoms with Crippen molar-refractivity contribution >= 4 is 29.4 Å². The Morgan fingerprint density at radius 3 is 2.65 bits per heavy atom. The molecule has 2 rings (SSSR count). The zero-order chi connectivity index (χ0) is 19.3. The summed E-state index contributed by atoms with van der Waals surface area (Å²) >= 11 is 6.13. The van der Waals surface area contributed by atoms with Crippen LogP contribution < -0.4 is 5.32 Å². The minimum absolute atomic E-state index is 0.0479. The van der Waals surface area contributed by atoms with Crippen LogP contribution in [0, 0.1) is 0 Å². The fourth-order valence-corrected chi connectivity index (χ4v) is 2.58. The van der Waals surface area contributed by atoms with E-state index in [2.05, 4.69) is 15.5 Å². The van der Waals surface area contributed by atoms with Crippen LogP contribution >= 0.6 is 11.6 Å². The molecule has 0 spiro atoms. The second kappa shape index (κ2) is 8.48. The second-order valence-corrected chi connectivity index (χ2v) is 6.05. The summed E-state index contributed by atoms with van der Waals surface area (Å²) in [6.07, 6.45) is 0. The molecule has 0 radical (unpaired) electrons. The molecule has 0 saturated heterocycles. The highest BCUT2D eigenvalue weighted by Gasteiger charge is 2.27. The van der Waals surface area contributed by atoms with Gasteiger partial charge in [-0.25, -0.2) is 4.79 Å². The largest absolute Gasteiger partial charge is 0.480 e. The lowest BCUT2D eigenvalue weighted by Crippen LogP contribution is -2.46. The summed E-state index contributed by atoms with van der Waals surface area (Å²) in [4.78, 5) is 36.2. The van der Waals surface area contributed by atoms with Crippen LogP contribution in [0.25, 0.3) is 11.3 Å². The molecule has 0 bridgehead atoms. The Kier molecular flexibility index (Phi) is 6.35. The lowest BCUT2D eigenvalue weighted by molar-refractivity contribution is -0.141. The van der Waals surface area contributed by atoms with E-state index >= 15 is 0 Å². The molecule has 138 valence electrons. The van der Waals surface area contributed by atoms with Gasteiger partial charge >= 0.3 is 5.97 Å². The number of carbonyl (C=O) groups excluding carboxylic acids is 2. The summed E-state index contributed by atoms with van der Waals surface area (Å²) in [5, 5.41) is 19.0. The third kappa shape index (κ3) is 4.60. The number of nitrogens with one attached hydrogen (secondary N) is 2. The minimum Gasteiger partial charge on any atom is -0.480 e. The van der Waals surface area contributed by atoms with Crippen molar-refractivity contribution in [3.05, 3.63) is 41.0 Å². The van der Waals surface area contributed by atoms with E-state index in [9.17, 15) is 19.5 Å². The molecule has 2 aromatic rings. The van der Waals surface area contributed by atoms with Gasteiger partial charge in [-0.1, -0.05) is 29.8 Å². The van der Waals surface area contributed by atoms with Crippen LogP contribution in [0.3, 0.4) is 0 Å². The van der Waals surface area contributed by atoms with Crippen molar-refractivity contribution in [2.45, 2.75) is 19.9 Å². The van der Waals surface area contributed by atoms with Gasteiger partial charge in [0.1, 0.15) is 11.7 Å². The van der Waals surface area contributed by atoms with Gasteiger partial charge in [-0.2, -0.15) is 5.10 Å². The predicted molar refractivity (Wildman–Crippen MR) is 95.9 cm³/mol. The lowest BCUT2D eigenvalue weighted by atomic mass is 10.1. The van der Waals surface area contributed by atoms with Gasteiger partial charge in [-0.05, 0) is 19.1 Å². The van der Waals surface area contributed by atoms with Crippen molar-refractivity contribution < 1.29 is 19.5 Å². The van der Waals surface area contributed by atoms with Crippen LogP contribution in [0.2, 0.25) is 5.02 Å². The Morgan fingerprint density at radius 2 is 2.04 bits per heavy atom. The lowest BCUT2D eigenvalue weighted by Gasteiger charge is -2.26. The molecule has 1 heterocycles. The number of rotatable bonds is 7. The quantitative estimate of drug-likeness (QED) is 0.679. The van der Waals surface area contributed by atoms with E-state index in [1.165, 1.54) is 19.9 Å². The molecule has 0 aliphatic rings. The number of amides is 2. The third-order valence-electron chi connectivity index (χ3n) is 3.77. The number of nitrogens with zero attached hydrogens (tertiary/aromatic N) is 2. The van der Waals surface area contributed by atoms with Crippen molar-refractivity contribution in [2.24, 2.45) is 0 Å². The average molecular weight is 379 g/mol. The van der Waals surface area contributed by atoms with Gasteiger partial charge in [0.25, 0.3) is 5.91 Å². The summed E-state index contributed by atoms with van der Waals surface area (Å²) < 4.78 is 0. The van der Waals surface area contributed by atoms with Crippen LogP contribution in [-0.4, -0.2) is 57.1 Å². The highest BCUT2D eigenvalue weighted by molar-refractivity contribution is 6.33. The molecule has 1 aromatic carbocycles. The first-order valence-corrected chi connectivity index (χ1v) is 8.27. The van der Waals surface area contributed by atoms with E-state index < -0.39 is 17.9 Å². The first kappa shape index (κ1) is 19.5. The summed E-state index contributed by atoms with van der Waals surface area (Å²) in [5.74, 6) is -1.94. The van der Waals surface area contributed by atoms with E-state index in [-0.39, 0.29) is 24.7 Å². The van der Waals surface area contributed by atoms with Crippen LogP contribution in [0.1, 0.15) is 24.3 Å². The number of hydrogen-bond donors (Lipinski definition) is 3. The van der Waals surface area contributed by atoms with Crippen molar-refractivity contribution in [1.82, 2.24) is 20.4 Å². The van der Waals surface area contributed by atoms with Gasteiger partial charge in [-0.15, -0.1) is 0 Å². The maximum Gasteiger partial charge on any atom is 0.326 e. The van der Waals surface area contributed by atoms with Gasteiger partial charge < -0.3 is 15.3 Å². The van der Waals surface area contributed by atoms with E-state index in [0.717, 1.165) is 4.90 Å². The molecule has 3 N–H and O–H groups in total. The van der Waals surface area contributed by atoms with Crippen molar-refractivity contribution in [2.75, 3.05) is 13.1 Å². The SMILES string of the molecule is CC(=O)NCCN(C(=O)c1cc(-c2ccccc2Cl)n[nH]1)C(C)C(=O)O. The number of carboxylic acids is 1. The topological polar surface area (TPSA) is 115 Å². The van der Waals surface area contributed by atoms with Crippen LogP contribution in [0.15, 0.2) is 30.3 Å². The number of H-pyrrole nitrogens is 1. The average Bonchev–Trinajstić information content (AvgIpc) is 3.07. The van der Waals surface area contributed by atoms with Crippen LogP contribution in [0.5, 0.6) is 0 Å². The Morgan fingerprint density at radius 1 is 1.35 bits per heavy atom. The van der Waals surface area contributed by atoms with Gasteiger partial charge in [0.2, 0.25) is 5.91 Å². The Hall–Kier alpha value is -2.87. The zero-order valence-electron chi connectivity index (χ0n) is 14.3. The van der Waals surface area contributed by atoms with Crippen molar-refractivity contribution in [1.29, 1.82) is 0 Å². The molecule has 1 unspecified atom stereocenters. The van der Waals surface area contributed by atoms with Gasteiger partial charge in [0.05, 0.1) is 10.7 Å². The number of carboxylic acid groups (broad SMARTS) is 1. The van der Waals surface area contributed by atoms with E-state index in [1.54, 1.807) is 24.3 Å². The first-order valence-electron chi connectivity index (χ1n) is 7.89. The molecule has 0 aliphatic carbocycles. The Balaban J connectivity index is 2.23. The van der Waals surface area contributed by atoms with Gasteiger partial charge in [0, 0.05) is 25.6 Å². The molecule has 0 saturated carbocycles. The fraction of sp³-hybridized carbons (Fsp3) is 0.294. The molecule has 26 heavy (non-hydrogen) atoms. The molecular weight excluding hydrogens is 360 g/mol. The number of carbonyl (C=O) groups is 3. The standard InChI is InChI=1S/C17H19ClN4O4/c1-10(17(25)26)22(8-7-19-11(2)23)16(24)15-9-14(20-21-15)12-5-3-4-6-13(12)18/h3-6,9-10H,7-8H2,1-2H3,(H,19,23)(H,20,21)(H,25,26). The van der Waals surface area contributed by atoms with Crippen molar-refractivity contribution in [3.63, 3.8) is 0 Å². The van der Waals surface area contributed by atoms with Gasteiger partial charge in [-0.3, -0.25) is 14.7 Å². The molecule has 1 aromatic heterocycles. The number of halogens is 1. The van der Waals surface area contributed by atoms with E-state index in [1.807, 2.05) is 0 Å². The van der Waals surface area contributed by atoms with E-state index in [0.29, 0.717) is 16.3 Å². The second-order valence-electron chi connectivity index (χ2n) is 5.64.